The molecular weight excluding hydrogens is 815 g/mol. The Morgan fingerprint density at radius 1 is 0.656 bits per heavy atom. The first-order valence-electron chi connectivity index (χ1n) is 22.9. The molecule has 0 spiro atoms. The number of esters is 2. The van der Waals surface area contributed by atoms with Crippen molar-refractivity contribution in [2.75, 3.05) is 79.7 Å². The van der Waals surface area contributed by atoms with Crippen LogP contribution >= 0.6 is 0 Å². The SMILES string of the molecule is COC(=O)c1ccc2c(c1)[C@H](c1ccc(F)cc1)N(C(=O)NCC13CCN(CC1)CC3)CC2.COC(=O)c1ccc2c(c1)[C@H](c1ccc(F)cc1)NCC2.NCC12CCN(CC1)CC2. The third-order valence-corrected chi connectivity index (χ3v) is 14.9. The zero-order valence-electron chi connectivity index (χ0n) is 37.2. The molecule has 2 amide bonds. The van der Waals surface area contributed by atoms with Crippen LogP contribution in [0, 0.1) is 22.5 Å². The molecule has 0 radical (unpaired) electrons. The highest BCUT2D eigenvalue weighted by Crippen LogP contribution is 2.41. The van der Waals surface area contributed by atoms with Crippen LogP contribution in [0.5, 0.6) is 0 Å². The minimum Gasteiger partial charge on any atom is -0.465 e. The van der Waals surface area contributed by atoms with E-state index in [1.807, 2.05) is 29.2 Å². The molecule has 8 heterocycles. The van der Waals surface area contributed by atoms with E-state index in [4.69, 9.17) is 15.2 Å². The van der Waals surface area contributed by atoms with Crippen molar-refractivity contribution in [2.45, 2.75) is 63.5 Å². The minimum atomic E-state index is -0.417. The third kappa shape index (κ3) is 10.0. The molecule has 8 aliphatic rings. The summed E-state index contributed by atoms with van der Waals surface area (Å²) in [6.45, 7) is 10.3. The zero-order chi connectivity index (χ0) is 44.8. The lowest BCUT2D eigenvalue weighted by Crippen LogP contribution is -2.54. The Bertz CT molecular complexity index is 2250. The number of urea groups is 1. The number of carbonyl (C=O) groups is 3. The number of halogens is 2. The average molecular weight is 877 g/mol. The van der Waals surface area contributed by atoms with E-state index in [0.717, 1.165) is 86.2 Å². The molecule has 0 unspecified atom stereocenters. The number of nitrogens with one attached hydrogen (secondary N) is 2. The summed E-state index contributed by atoms with van der Waals surface area (Å²) in [5.41, 5.74) is 13.5. The van der Waals surface area contributed by atoms with E-state index in [2.05, 4.69) is 20.4 Å². The number of fused-ring (bicyclic) bond motifs is 8. The molecule has 0 aromatic heterocycles. The number of carbonyl (C=O) groups excluding carboxylic acids is 3. The fraction of sp³-hybridized carbons (Fsp3) is 0.471. The van der Waals surface area contributed by atoms with Crippen molar-refractivity contribution < 1.29 is 32.6 Å². The molecule has 4 bridgehead atoms. The van der Waals surface area contributed by atoms with E-state index in [0.29, 0.717) is 36.1 Å². The van der Waals surface area contributed by atoms with Gasteiger partial charge < -0.3 is 40.5 Å². The molecule has 0 saturated carbocycles. The van der Waals surface area contributed by atoms with Crippen LogP contribution in [0.15, 0.2) is 84.9 Å². The number of nitrogens with two attached hydrogens (primary N) is 1. The number of hydrogen-bond donors (Lipinski definition) is 3. The minimum absolute atomic E-state index is 0.0287. The van der Waals surface area contributed by atoms with E-state index in [1.165, 1.54) is 82.9 Å². The maximum absolute atomic E-state index is 13.7. The van der Waals surface area contributed by atoms with Crippen molar-refractivity contribution >= 4 is 18.0 Å². The quantitative estimate of drug-likeness (QED) is 0.168. The van der Waals surface area contributed by atoms with Crippen LogP contribution in [-0.2, 0) is 22.3 Å². The van der Waals surface area contributed by atoms with Crippen molar-refractivity contribution in [1.29, 1.82) is 0 Å². The molecule has 6 fully saturated rings. The van der Waals surface area contributed by atoms with Gasteiger partial charge in [-0.2, -0.15) is 0 Å². The summed E-state index contributed by atoms with van der Waals surface area (Å²) < 4.78 is 36.4. The summed E-state index contributed by atoms with van der Waals surface area (Å²) in [6.07, 6.45) is 9.03. The van der Waals surface area contributed by atoms with Gasteiger partial charge in [0, 0.05) is 19.6 Å². The van der Waals surface area contributed by atoms with Crippen molar-refractivity contribution in [3.63, 3.8) is 0 Å². The highest BCUT2D eigenvalue weighted by atomic mass is 19.1. The van der Waals surface area contributed by atoms with E-state index < -0.39 is 12.0 Å². The Hall–Kier alpha value is -5.21. The average Bonchev–Trinajstić information content (AvgIpc) is 3.36. The Balaban J connectivity index is 0.000000152. The highest BCUT2D eigenvalue weighted by Gasteiger charge is 2.41. The standard InChI is InChI=1S/C26H30FN3O3.C17H16FNO2.C8H16N2/c1-33-24(31)20-3-2-18-8-12-30(23(22(18)16-20)19-4-6-21(27)7-5-19)25(32)28-17-26-9-13-29(14-10-26)15-11-26;1-21-17(20)13-3-2-11-8-9-19-16(15(11)10-13)12-4-6-14(18)7-5-12;9-7-8-1-4-10(5-2-8)6-3-8/h2-7,16,23H,8-15,17H2,1H3,(H,28,32);2-7,10,16,19H,8-9H2,1H3;1-7,9H2/t23-;16-;/m00./s1. The molecule has 4 N–H and O–H groups in total. The Morgan fingerprint density at radius 2 is 1.14 bits per heavy atom. The predicted molar refractivity (Wildman–Crippen MR) is 242 cm³/mol. The number of nitrogens with zero attached hydrogens (tertiary/aromatic N) is 3. The van der Waals surface area contributed by atoms with Gasteiger partial charge in [0.05, 0.1) is 37.4 Å². The topological polar surface area (TPSA) is 129 Å². The normalized spacial score (nSPS) is 26.2. The van der Waals surface area contributed by atoms with E-state index >= 15 is 0 Å². The summed E-state index contributed by atoms with van der Waals surface area (Å²) in [7, 11) is 2.73. The Labute approximate surface area is 375 Å². The number of piperidine rings is 6. The van der Waals surface area contributed by atoms with E-state index in [1.54, 1.807) is 36.4 Å². The molecule has 2 atom stereocenters. The summed E-state index contributed by atoms with van der Waals surface area (Å²) in [5, 5.41) is 6.65. The van der Waals surface area contributed by atoms with Gasteiger partial charge in [-0.05, 0) is 190 Å². The van der Waals surface area contributed by atoms with Crippen LogP contribution < -0.4 is 16.4 Å². The number of benzene rings is 4. The molecule has 12 rings (SSSR count). The summed E-state index contributed by atoms with van der Waals surface area (Å²) in [4.78, 5) is 44.2. The number of hydrogen-bond acceptors (Lipinski definition) is 9. The lowest BCUT2D eigenvalue weighted by Gasteiger charge is -2.48. The fourth-order valence-electron chi connectivity index (χ4n) is 10.6. The van der Waals surface area contributed by atoms with Gasteiger partial charge in [0.25, 0.3) is 0 Å². The smallest absolute Gasteiger partial charge is 0.337 e. The van der Waals surface area contributed by atoms with Gasteiger partial charge in [0.1, 0.15) is 11.6 Å². The van der Waals surface area contributed by atoms with Crippen LogP contribution in [0.4, 0.5) is 13.6 Å². The largest absolute Gasteiger partial charge is 0.465 e. The summed E-state index contributed by atoms with van der Waals surface area (Å²) >= 11 is 0. The summed E-state index contributed by atoms with van der Waals surface area (Å²) in [5.74, 6) is -1.34. The first-order chi connectivity index (χ1) is 31.0. The molecule has 11 nitrogen and oxygen atoms in total. The van der Waals surface area contributed by atoms with Crippen molar-refractivity contribution in [3.8, 4) is 0 Å². The third-order valence-electron chi connectivity index (χ3n) is 14.9. The molecule has 0 aliphatic carbocycles. The van der Waals surface area contributed by atoms with Gasteiger partial charge >= 0.3 is 18.0 Å². The van der Waals surface area contributed by atoms with Crippen molar-refractivity contribution in [2.24, 2.45) is 16.6 Å². The number of amides is 2. The van der Waals surface area contributed by atoms with Crippen LogP contribution in [0.2, 0.25) is 0 Å². The molecule has 4 aromatic rings. The van der Waals surface area contributed by atoms with E-state index in [9.17, 15) is 23.2 Å². The van der Waals surface area contributed by atoms with Gasteiger partial charge in [0.2, 0.25) is 0 Å². The van der Waals surface area contributed by atoms with Gasteiger partial charge in [-0.25, -0.2) is 23.2 Å². The molecule has 8 aliphatic heterocycles. The predicted octanol–water partition coefficient (Wildman–Crippen LogP) is 7.03. The van der Waals surface area contributed by atoms with Gasteiger partial charge in [-0.3, -0.25) is 0 Å². The zero-order valence-corrected chi connectivity index (χ0v) is 37.2. The molecule has 4 aromatic carbocycles. The second kappa shape index (κ2) is 19.9. The summed E-state index contributed by atoms with van der Waals surface area (Å²) in [6, 6.07) is 23.3. The monoisotopic (exact) mass is 876 g/mol. The van der Waals surface area contributed by atoms with Crippen LogP contribution in [0.25, 0.3) is 0 Å². The molecule has 13 heteroatoms. The number of ether oxygens (including phenoxy) is 2. The van der Waals surface area contributed by atoms with Gasteiger partial charge in [-0.15, -0.1) is 0 Å². The first-order valence-corrected chi connectivity index (χ1v) is 22.9. The number of methoxy groups -OCH3 is 2. The lowest BCUT2D eigenvalue weighted by molar-refractivity contribution is 0.0272. The maximum atomic E-state index is 13.7. The van der Waals surface area contributed by atoms with Crippen molar-refractivity contribution in [1.82, 2.24) is 25.3 Å². The van der Waals surface area contributed by atoms with Crippen LogP contribution in [0.3, 0.4) is 0 Å². The molecule has 6 saturated heterocycles. The number of rotatable bonds is 7. The Morgan fingerprint density at radius 3 is 1.64 bits per heavy atom. The molecular formula is C51H62F2N6O5. The van der Waals surface area contributed by atoms with Gasteiger partial charge in [-0.1, -0.05) is 36.4 Å². The van der Waals surface area contributed by atoms with Crippen LogP contribution in [0.1, 0.15) is 105 Å². The Kier molecular flexibility index (Phi) is 14.1. The molecule has 340 valence electrons. The first kappa shape index (κ1) is 45.4. The van der Waals surface area contributed by atoms with E-state index in [-0.39, 0.29) is 35.1 Å². The fourth-order valence-corrected chi connectivity index (χ4v) is 10.6. The lowest BCUT2D eigenvalue weighted by atomic mass is 9.72. The second-order valence-corrected chi connectivity index (χ2v) is 18.4. The second-order valence-electron chi connectivity index (χ2n) is 18.4. The highest BCUT2D eigenvalue weighted by molar-refractivity contribution is 5.90. The molecule has 64 heavy (non-hydrogen) atoms. The van der Waals surface area contributed by atoms with Gasteiger partial charge in [0.15, 0.2) is 0 Å². The maximum Gasteiger partial charge on any atom is 0.337 e. The van der Waals surface area contributed by atoms with Crippen LogP contribution in [-0.4, -0.2) is 112 Å². The van der Waals surface area contributed by atoms with Crippen molar-refractivity contribution in [3.05, 3.63) is 141 Å².